The molecule has 9 heteroatoms. The average Bonchev–Trinajstić information content (AvgIpc) is 3.46. The summed E-state index contributed by atoms with van der Waals surface area (Å²) in [5.41, 5.74) is 1.72. The quantitative estimate of drug-likeness (QED) is 0.624. The van der Waals surface area contributed by atoms with E-state index in [9.17, 15) is 14.4 Å². The summed E-state index contributed by atoms with van der Waals surface area (Å²) < 4.78 is 16.1. The second-order valence-corrected chi connectivity index (χ2v) is 7.62. The fraction of sp³-hybridized carbons (Fsp3) is 0.208. The molecule has 1 aromatic heterocycles. The number of anilines is 1. The Morgan fingerprint density at radius 1 is 1.03 bits per heavy atom. The summed E-state index contributed by atoms with van der Waals surface area (Å²) in [5, 5.41) is 2.76. The van der Waals surface area contributed by atoms with Crippen LogP contribution in [0.4, 0.5) is 5.69 Å². The molecule has 5 rings (SSSR count). The topological polar surface area (TPSA) is 101 Å². The van der Waals surface area contributed by atoms with E-state index in [0.29, 0.717) is 39.6 Å². The molecule has 9 nitrogen and oxygen atoms in total. The van der Waals surface area contributed by atoms with Gasteiger partial charge in [-0.05, 0) is 30.3 Å². The maximum Gasteiger partial charge on any atom is 0.264 e. The molecule has 3 amide bonds. The number of para-hydroxylation sites is 1. The Kier molecular flexibility index (Phi) is 5.01. The maximum absolute atomic E-state index is 13.6. The van der Waals surface area contributed by atoms with Crippen molar-refractivity contribution >= 4 is 23.4 Å². The number of furan rings is 1. The average molecular weight is 447 g/mol. The number of methoxy groups -OCH3 is 2. The number of nitrogens with one attached hydrogen (secondary N) is 1. The Morgan fingerprint density at radius 3 is 2.58 bits per heavy atom. The van der Waals surface area contributed by atoms with Gasteiger partial charge in [0.2, 0.25) is 5.91 Å². The standard InChI is InChI=1S/C24H21N3O6/c1-31-18-10-9-16-20(21(18)32-2)24(30)27-17-8-4-3-7-15(17)23(29)26(22(16)27)13-19(28)25-12-14-6-5-11-33-14/h3-11,22H,12-13H2,1-2H3,(H,25,28). The van der Waals surface area contributed by atoms with Crippen molar-refractivity contribution < 1.29 is 28.3 Å². The summed E-state index contributed by atoms with van der Waals surface area (Å²) in [6, 6.07) is 13.8. The van der Waals surface area contributed by atoms with Gasteiger partial charge in [0.25, 0.3) is 11.8 Å². The van der Waals surface area contributed by atoms with Gasteiger partial charge in [0.05, 0.1) is 43.8 Å². The molecule has 0 fully saturated rings. The highest BCUT2D eigenvalue weighted by molar-refractivity contribution is 6.18. The number of hydrogen-bond acceptors (Lipinski definition) is 6. The van der Waals surface area contributed by atoms with Crippen molar-refractivity contribution in [2.45, 2.75) is 12.7 Å². The van der Waals surface area contributed by atoms with E-state index >= 15 is 0 Å². The molecule has 2 aliphatic rings. The van der Waals surface area contributed by atoms with Crippen LogP contribution in [-0.2, 0) is 11.3 Å². The zero-order valence-corrected chi connectivity index (χ0v) is 18.0. The summed E-state index contributed by atoms with van der Waals surface area (Å²) in [6.07, 6.45) is 0.733. The molecule has 3 heterocycles. The molecule has 33 heavy (non-hydrogen) atoms. The van der Waals surface area contributed by atoms with Gasteiger partial charge in [-0.15, -0.1) is 0 Å². The Morgan fingerprint density at radius 2 is 1.85 bits per heavy atom. The first-order chi connectivity index (χ1) is 16.0. The number of rotatable bonds is 6. The zero-order valence-electron chi connectivity index (χ0n) is 18.0. The molecule has 0 radical (unpaired) electrons. The largest absolute Gasteiger partial charge is 0.493 e. The zero-order chi connectivity index (χ0) is 23.1. The normalized spacial score (nSPS) is 16.2. The Labute approximate surface area is 189 Å². The fourth-order valence-electron chi connectivity index (χ4n) is 4.40. The van der Waals surface area contributed by atoms with Crippen LogP contribution in [0.3, 0.4) is 0 Å². The predicted octanol–water partition coefficient (Wildman–Crippen LogP) is 2.73. The van der Waals surface area contributed by atoms with E-state index in [1.807, 2.05) is 0 Å². The smallest absolute Gasteiger partial charge is 0.264 e. The van der Waals surface area contributed by atoms with E-state index in [2.05, 4.69) is 5.32 Å². The molecule has 1 N–H and O–H groups in total. The molecule has 2 aromatic carbocycles. The van der Waals surface area contributed by atoms with Gasteiger partial charge in [-0.1, -0.05) is 18.2 Å². The third-order valence-electron chi connectivity index (χ3n) is 5.84. The van der Waals surface area contributed by atoms with Gasteiger partial charge in [0.15, 0.2) is 11.5 Å². The summed E-state index contributed by atoms with van der Waals surface area (Å²) in [6.45, 7) is -0.0462. The molecular weight excluding hydrogens is 426 g/mol. The van der Waals surface area contributed by atoms with Gasteiger partial charge in [0, 0.05) is 5.56 Å². The first-order valence-corrected chi connectivity index (χ1v) is 10.3. The molecular formula is C24H21N3O6. The predicted molar refractivity (Wildman–Crippen MR) is 117 cm³/mol. The number of nitrogens with zero attached hydrogens (tertiary/aromatic N) is 2. The number of hydrogen-bond donors (Lipinski definition) is 1. The Hall–Kier alpha value is -4.27. The van der Waals surface area contributed by atoms with E-state index in [-0.39, 0.29) is 30.8 Å². The maximum atomic E-state index is 13.6. The Balaban J connectivity index is 1.56. The van der Waals surface area contributed by atoms with Crippen LogP contribution in [0.1, 0.15) is 38.2 Å². The van der Waals surface area contributed by atoms with E-state index < -0.39 is 6.17 Å². The van der Waals surface area contributed by atoms with Crippen LogP contribution in [0.15, 0.2) is 59.2 Å². The Bertz CT molecular complexity index is 1250. The fourth-order valence-corrected chi connectivity index (χ4v) is 4.40. The van der Waals surface area contributed by atoms with E-state index in [0.717, 1.165) is 0 Å². The van der Waals surface area contributed by atoms with Crippen LogP contribution in [0, 0.1) is 0 Å². The van der Waals surface area contributed by atoms with Gasteiger partial charge in [-0.3, -0.25) is 19.3 Å². The lowest BCUT2D eigenvalue weighted by atomic mass is 10.0. The monoisotopic (exact) mass is 447 g/mol. The van der Waals surface area contributed by atoms with Crippen molar-refractivity contribution in [2.75, 3.05) is 25.7 Å². The van der Waals surface area contributed by atoms with Crippen LogP contribution in [0.2, 0.25) is 0 Å². The minimum Gasteiger partial charge on any atom is -0.493 e. The van der Waals surface area contributed by atoms with E-state index in [4.69, 9.17) is 13.9 Å². The van der Waals surface area contributed by atoms with Crippen molar-refractivity contribution in [3.63, 3.8) is 0 Å². The van der Waals surface area contributed by atoms with Crippen LogP contribution in [-0.4, -0.2) is 43.4 Å². The molecule has 0 aliphatic carbocycles. The van der Waals surface area contributed by atoms with Crippen molar-refractivity contribution in [1.82, 2.24) is 10.2 Å². The molecule has 168 valence electrons. The van der Waals surface area contributed by atoms with E-state index in [1.54, 1.807) is 48.5 Å². The molecule has 1 atom stereocenters. The molecule has 2 aliphatic heterocycles. The molecule has 0 spiro atoms. The van der Waals surface area contributed by atoms with Gasteiger partial charge in [-0.25, -0.2) is 0 Å². The lowest BCUT2D eigenvalue weighted by Crippen LogP contribution is -2.51. The number of carbonyl (C=O) groups is 3. The number of fused-ring (bicyclic) bond motifs is 5. The number of carbonyl (C=O) groups excluding carboxylic acids is 3. The summed E-state index contributed by atoms with van der Waals surface area (Å²) in [7, 11) is 2.95. The van der Waals surface area contributed by atoms with Crippen molar-refractivity contribution in [2.24, 2.45) is 0 Å². The van der Waals surface area contributed by atoms with Crippen LogP contribution < -0.4 is 19.7 Å². The van der Waals surface area contributed by atoms with Crippen LogP contribution in [0.25, 0.3) is 0 Å². The lowest BCUT2D eigenvalue weighted by molar-refractivity contribution is -0.122. The van der Waals surface area contributed by atoms with Gasteiger partial charge < -0.3 is 24.1 Å². The summed E-state index contributed by atoms with van der Waals surface area (Å²) in [4.78, 5) is 42.8. The minimum atomic E-state index is -0.788. The third-order valence-corrected chi connectivity index (χ3v) is 5.84. The number of amides is 3. The molecule has 0 saturated heterocycles. The lowest BCUT2D eigenvalue weighted by Gasteiger charge is -2.40. The highest BCUT2D eigenvalue weighted by atomic mass is 16.5. The first kappa shape index (κ1) is 20.6. The third kappa shape index (κ3) is 3.20. The summed E-state index contributed by atoms with van der Waals surface area (Å²) in [5.74, 6) is 0.259. The van der Waals surface area contributed by atoms with Crippen molar-refractivity contribution in [3.8, 4) is 11.5 Å². The number of benzene rings is 2. The molecule has 3 aromatic rings. The van der Waals surface area contributed by atoms with E-state index in [1.165, 1.54) is 30.3 Å². The molecule has 0 saturated carbocycles. The van der Waals surface area contributed by atoms with Crippen molar-refractivity contribution in [1.29, 1.82) is 0 Å². The minimum absolute atomic E-state index is 0.194. The highest BCUT2D eigenvalue weighted by Crippen LogP contribution is 2.49. The SMILES string of the molecule is COc1ccc2c(c1OC)C(=O)N1c3ccccc3C(=O)N(CC(=O)NCc3ccco3)C21. The first-order valence-electron chi connectivity index (χ1n) is 10.3. The van der Waals surface area contributed by atoms with Crippen molar-refractivity contribution in [3.05, 3.63) is 77.2 Å². The second-order valence-electron chi connectivity index (χ2n) is 7.62. The van der Waals surface area contributed by atoms with Gasteiger partial charge in [-0.2, -0.15) is 0 Å². The van der Waals surface area contributed by atoms with Crippen LogP contribution >= 0.6 is 0 Å². The number of ether oxygens (including phenoxy) is 2. The molecule has 1 unspecified atom stereocenters. The van der Waals surface area contributed by atoms with Gasteiger partial charge in [0.1, 0.15) is 18.5 Å². The summed E-state index contributed by atoms with van der Waals surface area (Å²) >= 11 is 0. The highest BCUT2D eigenvalue weighted by Gasteiger charge is 2.50. The van der Waals surface area contributed by atoms with Crippen LogP contribution in [0.5, 0.6) is 11.5 Å². The second kappa shape index (κ2) is 8.01. The molecule has 0 bridgehead atoms. The van der Waals surface area contributed by atoms with Gasteiger partial charge >= 0.3 is 0 Å².